The molecule has 0 unspecified atom stereocenters. The van der Waals surface area contributed by atoms with Gasteiger partial charge in [0.25, 0.3) is 5.91 Å². The van der Waals surface area contributed by atoms with Crippen LogP contribution >= 0.6 is 0 Å². The Bertz CT molecular complexity index is 999. The summed E-state index contributed by atoms with van der Waals surface area (Å²) in [6, 6.07) is 13.8. The minimum atomic E-state index is -1.04. The van der Waals surface area contributed by atoms with Crippen LogP contribution in [0, 0.1) is 0 Å². The maximum Gasteiger partial charge on any atom is 0.334 e. The number of nitrogens with one attached hydrogen (secondary N) is 1. The number of urea groups is 1. The Morgan fingerprint density at radius 1 is 0.862 bits per heavy atom. The lowest BCUT2D eigenvalue weighted by molar-refractivity contribution is -0.142. The van der Waals surface area contributed by atoms with Gasteiger partial charge in [-0.3, -0.25) is 24.1 Å². The molecule has 0 radical (unpaired) electrons. The number of amides is 5. The van der Waals surface area contributed by atoms with E-state index in [1.807, 2.05) is 0 Å². The zero-order valence-electron chi connectivity index (χ0n) is 15.3. The van der Waals surface area contributed by atoms with Gasteiger partial charge in [-0.1, -0.05) is 24.3 Å². The number of Topliss-reactive ketones (excluding diaryl/α,β-unsaturated/α-hetero) is 1. The van der Waals surface area contributed by atoms with Gasteiger partial charge < -0.3 is 5.32 Å². The molecule has 2 aromatic rings. The molecule has 1 aliphatic heterocycles. The van der Waals surface area contributed by atoms with E-state index in [9.17, 15) is 24.0 Å². The average Bonchev–Trinajstić information content (AvgIpc) is 2.93. The molecule has 1 heterocycles. The van der Waals surface area contributed by atoms with Gasteiger partial charge in [-0.2, -0.15) is 0 Å². The molecule has 0 atom stereocenters. The van der Waals surface area contributed by atoms with Gasteiger partial charge in [-0.15, -0.1) is 6.58 Å². The van der Waals surface area contributed by atoms with E-state index in [1.54, 1.807) is 30.3 Å². The minimum absolute atomic E-state index is 0.107. The van der Waals surface area contributed by atoms with E-state index in [0.717, 1.165) is 4.90 Å². The number of ketones is 1. The van der Waals surface area contributed by atoms with E-state index >= 15 is 0 Å². The summed E-state index contributed by atoms with van der Waals surface area (Å²) in [6.45, 7) is 2.77. The van der Waals surface area contributed by atoms with Gasteiger partial charge in [0.1, 0.15) is 0 Å². The Hall–Kier alpha value is -4.07. The average molecular weight is 391 g/mol. The number of nitrogens with zero attached hydrogens (tertiary/aromatic N) is 2. The molecule has 146 valence electrons. The second kappa shape index (κ2) is 8.30. The summed E-state index contributed by atoms with van der Waals surface area (Å²) in [7, 11) is 0. The maximum absolute atomic E-state index is 12.4. The number of hydrogen-bond donors (Lipinski definition) is 1. The van der Waals surface area contributed by atoms with Crippen LogP contribution in [0.3, 0.4) is 0 Å². The third-order valence-corrected chi connectivity index (χ3v) is 4.25. The van der Waals surface area contributed by atoms with Gasteiger partial charge in [0.05, 0.1) is 6.54 Å². The van der Waals surface area contributed by atoms with Crippen molar-refractivity contribution in [3.63, 3.8) is 0 Å². The van der Waals surface area contributed by atoms with Crippen LogP contribution in [0.15, 0.2) is 67.3 Å². The molecule has 0 aliphatic carbocycles. The first-order valence-electron chi connectivity index (χ1n) is 8.70. The predicted octanol–water partition coefficient (Wildman–Crippen LogP) is 2.10. The summed E-state index contributed by atoms with van der Waals surface area (Å²) in [5, 5.41) is 2.71. The van der Waals surface area contributed by atoms with E-state index < -0.39 is 30.2 Å². The van der Waals surface area contributed by atoms with Crippen molar-refractivity contribution < 1.29 is 24.0 Å². The van der Waals surface area contributed by atoms with Crippen LogP contribution in [-0.2, 0) is 9.59 Å². The van der Waals surface area contributed by atoms with Crippen molar-refractivity contribution in [2.24, 2.45) is 0 Å². The third kappa shape index (κ3) is 4.11. The SMILES string of the molecule is C=CCN1C(=O)C(=O)N(CC(=O)c2ccc(NC(=O)c3ccccc3)cc2)C1=O. The molecule has 2 aromatic carbocycles. The maximum atomic E-state index is 12.4. The molecule has 0 aromatic heterocycles. The zero-order chi connectivity index (χ0) is 21.0. The molecule has 1 fully saturated rings. The lowest BCUT2D eigenvalue weighted by atomic mass is 10.1. The normalized spacial score (nSPS) is 13.6. The third-order valence-electron chi connectivity index (χ3n) is 4.25. The van der Waals surface area contributed by atoms with Gasteiger partial charge in [0, 0.05) is 23.4 Å². The van der Waals surface area contributed by atoms with Crippen molar-refractivity contribution in [1.82, 2.24) is 9.80 Å². The van der Waals surface area contributed by atoms with Crippen LogP contribution in [0.2, 0.25) is 0 Å². The van der Waals surface area contributed by atoms with E-state index in [4.69, 9.17) is 0 Å². The van der Waals surface area contributed by atoms with Crippen LogP contribution in [0.4, 0.5) is 10.5 Å². The number of carbonyl (C=O) groups is 5. The molecule has 1 aliphatic rings. The highest BCUT2D eigenvalue weighted by Gasteiger charge is 2.44. The largest absolute Gasteiger partial charge is 0.334 e. The fourth-order valence-electron chi connectivity index (χ4n) is 2.75. The Morgan fingerprint density at radius 2 is 1.48 bits per heavy atom. The molecular weight excluding hydrogens is 374 g/mol. The number of hydrogen-bond acceptors (Lipinski definition) is 5. The fourth-order valence-corrected chi connectivity index (χ4v) is 2.75. The van der Waals surface area contributed by atoms with Crippen LogP contribution in [0.25, 0.3) is 0 Å². The van der Waals surface area contributed by atoms with Crippen LogP contribution in [-0.4, -0.2) is 52.4 Å². The van der Waals surface area contributed by atoms with Gasteiger partial charge in [0.2, 0.25) is 0 Å². The summed E-state index contributed by atoms with van der Waals surface area (Å²) >= 11 is 0. The fraction of sp³-hybridized carbons (Fsp3) is 0.0952. The molecule has 8 nitrogen and oxygen atoms in total. The van der Waals surface area contributed by atoms with Gasteiger partial charge >= 0.3 is 17.8 Å². The van der Waals surface area contributed by atoms with Crippen molar-refractivity contribution in [1.29, 1.82) is 0 Å². The number of rotatable bonds is 7. The molecular formula is C21H17N3O5. The lowest BCUT2D eigenvalue weighted by Crippen LogP contribution is -2.37. The van der Waals surface area contributed by atoms with Gasteiger partial charge in [-0.05, 0) is 36.4 Å². The Kier molecular flexibility index (Phi) is 5.64. The molecule has 29 heavy (non-hydrogen) atoms. The molecule has 1 saturated heterocycles. The first kappa shape index (κ1) is 19.7. The number of imide groups is 2. The van der Waals surface area contributed by atoms with Crippen molar-refractivity contribution in [3.05, 3.63) is 78.4 Å². The summed E-state index contributed by atoms with van der Waals surface area (Å²) in [5.41, 5.74) is 1.21. The molecule has 8 heteroatoms. The van der Waals surface area contributed by atoms with E-state index in [0.29, 0.717) is 16.2 Å². The molecule has 1 N–H and O–H groups in total. The second-order valence-corrected chi connectivity index (χ2v) is 6.20. The number of carbonyl (C=O) groups excluding carboxylic acids is 5. The van der Waals surface area contributed by atoms with Crippen molar-refractivity contribution in [3.8, 4) is 0 Å². The zero-order valence-corrected chi connectivity index (χ0v) is 15.3. The van der Waals surface area contributed by atoms with Gasteiger partial charge in [-0.25, -0.2) is 9.69 Å². The highest BCUT2D eigenvalue weighted by atomic mass is 16.2. The minimum Gasteiger partial charge on any atom is -0.322 e. The highest BCUT2D eigenvalue weighted by Crippen LogP contribution is 2.15. The number of anilines is 1. The van der Waals surface area contributed by atoms with Crippen LogP contribution in [0.5, 0.6) is 0 Å². The first-order chi connectivity index (χ1) is 13.9. The Labute approximate surface area is 166 Å². The predicted molar refractivity (Wildman–Crippen MR) is 104 cm³/mol. The quantitative estimate of drug-likeness (QED) is 0.337. The van der Waals surface area contributed by atoms with E-state index in [2.05, 4.69) is 11.9 Å². The molecule has 5 amide bonds. The van der Waals surface area contributed by atoms with Crippen molar-refractivity contribution in [2.45, 2.75) is 0 Å². The van der Waals surface area contributed by atoms with Gasteiger partial charge in [0.15, 0.2) is 5.78 Å². The Morgan fingerprint density at radius 3 is 2.10 bits per heavy atom. The molecule has 0 spiro atoms. The molecule has 0 saturated carbocycles. The molecule has 0 bridgehead atoms. The van der Waals surface area contributed by atoms with E-state index in [-0.39, 0.29) is 18.0 Å². The second-order valence-electron chi connectivity index (χ2n) is 6.20. The summed E-state index contributed by atoms with van der Waals surface area (Å²) in [6.07, 6.45) is 1.32. The monoisotopic (exact) mass is 391 g/mol. The number of benzene rings is 2. The van der Waals surface area contributed by atoms with Crippen LogP contribution < -0.4 is 5.32 Å². The van der Waals surface area contributed by atoms with Crippen molar-refractivity contribution in [2.75, 3.05) is 18.4 Å². The topological polar surface area (TPSA) is 104 Å². The summed E-state index contributed by atoms with van der Waals surface area (Å²) < 4.78 is 0. The first-order valence-corrected chi connectivity index (χ1v) is 8.70. The van der Waals surface area contributed by atoms with Crippen molar-refractivity contribution >= 4 is 35.2 Å². The van der Waals surface area contributed by atoms with E-state index in [1.165, 1.54) is 30.3 Å². The summed E-state index contributed by atoms with van der Waals surface area (Å²) in [5.74, 6) is -2.83. The lowest BCUT2D eigenvalue weighted by Gasteiger charge is -2.13. The molecule has 3 rings (SSSR count). The summed E-state index contributed by atoms with van der Waals surface area (Å²) in [4.78, 5) is 61.8. The van der Waals surface area contributed by atoms with Crippen LogP contribution in [0.1, 0.15) is 20.7 Å². The Balaban J connectivity index is 1.65. The standard InChI is InChI=1S/C21H17N3O5/c1-2-12-23-19(27)20(28)24(21(23)29)13-17(25)14-8-10-16(11-9-14)22-18(26)15-6-4-3-5-7-15/h2-11H,1,12-13H2,(H,22,26). The smallest absolute Gasteiger partial charge is 0.322 e. The highest BCUT2D eigenvalue weighted by molar-refractivity contribution is 6.45.